The smallest absolute Gasteiger partial charge is 0.311 e. The molecule has 1 aliphatic rings. The molecule has 0 atom stereocenters. The molecule has 3 rings (SSSR count). The van der Waals surface area contributed by atoms with Gasteiger partial charge in [-0.05, 0) is 31.2 Å². The van der Waals surface area contributed by atoms with Gasteiger partial charge in [0.25, 0.3) is 5.78 Å². The molecule has 17 heavy (non-hydrogen) atoms. The molecule has 0 unspecified atom stereocenters. The first-order valence-corrected chi connectivity index (χ1v) is 5.68. The third-order valence-corrected chi connectivity index (χ3v) is 3.02. The van der Waals surface area contributed by atoms with Crippen molar-refractivity contribution in [3.05, 3.63) is 23.3 Å². The SMILES string of the molecule is O=C(O)Cc1nc2ncc3c(n2n1)CCCC3. The molecule has 6 heteroatoms. The summed E-state index contributed by atoms with van der Waals surface area (Å²) < 4.78 is 1.70. The average molecular weight is 232 g/mol. The number of aliphatic carboxylic acids is 1. The van der Waals surface area contributed by atoms with Crippen LogP contribution < -0.4 is 0 Å². The van der Waals surface area contributed by atoms with Crippen LogP contribution in [-0.2, 0) is 24.1 Å². The van der Waals surface area contributed by atoms with Crippen LogP contribution in [0.25, 0.3) is 5.78 Å². The minimum Gasteiger partial charge on any atom is -0.481 e. The van der Waals surface area contributed by atoms with Crippen molar-refractivity contribution in [2.75, 3.05) is 0 Å². The van der Waals surface area contributed by atoms with Gasteiger partial charge in [-0.2, -0.15) is 4.98 Å². The zero-order valence-corrected chi connectivity index (χ0v) is 9.26. The van der Waals surface area contributed by atoms with Crippen molar-refractivity contribution in [2.24, 2.45) is 0 Å². The van der Waals surface area contributed by atoms with E-state index in [1.54, 1.807) is 4.52 Å². The summed E-state index contributed by atoms with van der Waals surface area (Å²) in [5.41, 5.74) is 2.33. The number of rotatable bonds is 2. The Morgan fingerprint density at radius 3 is 3.06 bits per heavy atom. The number of aromatic nitrogens is 4. The second-order valence-corrected chi connectivity index (χ2v) is 4.25. The predicted molar refractivity (Wildman–Crippen MR) is 58.8 cm³/mol. The highest BCUT2D eigenvalue weighted by atomic mass is 16.4. The van der Waals surface area contributed by atoms with E-state index in [1.807, 2.05) is 6.20 Å². The molecule has 88 valence electrons. The Kier molecular flexibility index (Phi) is 2.28. The van der Waals surface area contributed by atoms with Gasteiger partial charge in [-0.15, -0.1) is 5.10 Å². The Bertz CT molecular complexity index is 590. The van der Waals surface area contributed by atoms with Crippen LogP contribution in [0.5, 0.6) is 0 Å². The number of hydrogen-bond donors (Lipinski definition) is 1. The highest BCUT2D eigenvalue weighted by molar-refractivity contribution is 5.69. The summed E-state index contributed by atoms with van der Waals surface area (Å²) in [6.45, 7) is 0. The summed E-state index contributed by atoms with van der Waals surface area (Å²) in [7, 11) is 0. The van der Waals surface area contributed by atoms with Gasteiger partial charge in [-0.3, -0.25) is 4.79 Å². The average Bonchev–Trinajstić information content (AvgIpc) is 2.70. The first kappa shape index (κ1) is 10.2. The summed E-state index contributed by atoms with van der Waals surface area (Å²) >= 11 is 0. The van der Waals surface area contributed by atoms with Crippen LogP contribution in [0.1, 0.15) is 29.9 Å². The van der Waals surface area contributed by atoms with Crippen molar-refractivity contribution in [3.63, 3.8) is 0 Å². The van der Waals surface area contributed by atoms with E-state index in [9.17, 15) is 4.79 Å². The number of hydrogen-bond acceptors (Lipinski definition) is 4. The van der Waals surface area contributed by atoms with Crippen molar-refractivity contribution in [1.82, 2.24) is 19.6 Å². The molecule has 0 fully saturated rings. The highest BCUT2D eigenvalue weighted by Gasteiger charge is 2.16. The molecule has 2 heterocycles. The third kappa shape index (κ3) is 1.75. The van der Waals surface area contributed by atoms with E-state index in [0.29, 0.717) is 11.6 Å². The molecule has 2 aromatic rings. The van der Waals surface area contributed by atoms with E-state index in [0.717, 1.165) is 25.0 Å². The van der Waals surface area contributed by atoms with Gasteiger partial charge in [-0.1, -0.05) is 0 Å². The van der Waals surface area contributed by atoms with Crippen molar-refractivity contribution in [1.29, 1.82) is 0 Å². The maximum atomic E-state index is 10.6. The Labute approximate surface area is 97.3 Å². The molecule has 0 aromatic carbocycles. The molecular formula is C11H12N4O2. The number of carbonyl (C=O) groups is 1. The molecule has 0 saturated heterocycles. The molecule has 1 aliphatic carbocycles. The lowest BCUT2D eigenvalue weighted by Crippen LogP contribution is -2.10. The van der Waals surface area contributed by atoms with Crippen LogP contribution in [0.4, 0.5) is 0 Å². The molecule has 0 bridgehead atoms. The van der Waals surface area contributed by atoms with Gasteiger partial charge in [-0.25, -0.2) is 9.50 Å². The van der Waals surface area contributed by atoms with Gasteiger partial charge < -0.3 is 5.11 Å². The molecule has 0 radical (unpaired) electrons. The number of nitrogens with zero attached hydrogens (tertiary/aromatic N) is 4. The first-order valence-electron chi connectivity index (χ1n) is 5.68. The van der Waals surface area contributed by atoms with E-state index in [2.05, 4.69) is 15.1 Å². The minimum absolute atomic E-state index is 0.155. The summed E-state index contributed by atoms with van der Waals surface area (Å²) in [4.78, 5) is 19.0. The minimum atomic E-state index is -0.922. The maximum Gasteiger partial charge on any atom is 0.311 e. The van der Waals surface area contributed by atoms with E-state index >= 15 is 0 Å². The van der Waals surface area contributed by atoms with Gasteiger partial charge in [0.15, 0.2) is 5.82 Å². The monoisotopic (exact) mass is 232 g/mol. The van der Waals surface area contributed by atoms with Gasteiger partial charge in [0.2, 0.25) is 0 Å². The molecule has 2 aromatic heterocycles. The second-order valence-electron chi connectivity index (χ2n) is 4.25. The van der Waals surface area contributed by atoms with Crippen molar-refractivity contribution in [2.45, 2.75) is 32.1 Å². The van der Waals surface area contributed by atoms with Crippen molar-refractivity contribution < 1.29 is 9.90 Å². The summed E-state index contributed by atoms with van der Waals surface area (Å²) in [6, 6.07) is 0. The van der Waals surface area contributed by atoms with Crippen LogP contribution >= 0.6 is 0 Å². The lowest BCUT2D eigenvalue weighted by Gasteiger charge is -2.14. The number of aryl methyl sites for hydroxylation is 2. The van der Waals surface area contributed by atoms with Crippen LogP contribution in [-0.4, -0.2) is 30.7 Å². The maximum absolute atomic E-state index is 10.6. The predicted octanol–water partition coefficient (Wildman–Crippen LogP) is 0.630. The van der Waals surface area contributed by atoms with Crippen LogP contribution in [0.2, 0.25) is 0 Å². The summed E-state index contributed by atoms with van der Waals surface area (Å²) in [5, 5.41) is 12.9. The molecule has 0 aliphatic heterocycles. The van der Waals surface area contributed by atoms with Crippen LogP contribution in [0, 0.1) is 0 Å². The largest absolute Gasteiger partial charge is 0.481 e. The Morgan fingerprint density at radius 2 is 2.24 bits per heavy atom. The van der Waals surface area contributed by atoms with Gasteiger partial charge in [0.05, 0.1) is 5.69 Å². The van der Waals surface area contributed by atoms with Crippen LogP contribution in [0.3, 0.4) is 0 Å². The Morgan fingerprint density at radius 1 is 1.41 bits per heavy atom. The third-order valence-electron chi connectivity index (χ3n) is 3.02. The van der Waals surface area contributed by atoms with Crippen LogP contribution in [0.15, 0.2) is 6.20 Å². The zero-order valence-electron chi connectivity index (χ0n) is 9.26. The fraction of sp³-hybridized carbons (Fsp3) is 0.455. The van der Waals surface area contributed by atoms with E-state index in [4.69, 9.17) is 5.11 Å². The molecule has 1 N–H and O–H groups in total. The number of fused-ring (bicyclic) bond motifs is 3. The standard InChI is InChI=1S/C11H12N4O2/c16-10(17)5-9-13-11-12-6-7-3-1-2-4-8(7)15(11)14-9/h6H,1-5H2,(H,16,17). The normalized spacial score (nSPS) is 14.8. The molecule has 6 nitrogen and oxygen atoms in total. The Balaban J connectivity index is 2.12. The number of carboxylic acids is 1. The highest BCUT2D eigenvalue weighted by Crippen LogP contribution is 2.20. The van der Waals surface area contributed by atoms with Gasteiger partial charge >= 0.3 is 5.97 Å². The van der Waals surface area contributed by atoms with Gasteiger partial charge in [0.1, 0.15) is 6.42 Å². The first-order chi connectivity index (χ1) is 8.24. The lowest BCUT2D eigenvalue weighted by molar-refractivity contribution is -0.136. The second kappa shape index (κ2) is 3.80. The van der Waals surface area contributed by atoms with Gasteiger partial charge in [0, 0.05) is 6.20 Å². The summed E-state index contributed by atoms with van der Waals surface area (Å²) in [5.74, 6) is -0.0966. The zero-order chi connectivity index (χ0) is 11.8. The number of carboxylic acid groups (broad SMARTS) is 1. The Hall–Kier alpha value is -1.98. The van der Waals surface area contributed by atoms with Crippen molar-refractivity contribution >= 4 is 11.7 Å². The van der Waals surface area contributed by atoms with E-state index in [-0.39, 0.29) is 6.42 Å². The van der Waals surface area contributed by atoms with Crippen molar-refractivity contribution in [3.8, 4) is 0 Å². The van der Waals surface area contributed by atoms with E-state index < -0.39 is 5.97 Å². The lowest BCUT2D eigenvalue weighted by atomic mass is 9.98. The molecule has 0 spiro atoms. The molecular weight excluding hydrogens is 220 g/mol. The van der Waals surface area contributed by atoms with E-state index in [1.165, 1.54) is 12.0 Å². The molecule has 0 amide bonds. The fourth-order valence-electron chi connectivity index (χ4n) is 2.25. The molecule has 0 saturated carbocycles. The summed E-state index contributed by atoms with van der Waals surface area (Å²) in [6.07, 6.45) is 5.98. The fourth-order valence-corrected chi connectivity index (χ4v) is 2.25. The quantitative estimate of drug-likeness (QED) is 0.821. The topological polar surface area (TPSA) is 80.4 Å².